The molecule has 1 saturated heterocycles. The van der Waals surface area contributed by atoms with Crippen LogP contribution in [-0.2, 0) is 9.84 Å². The first-order valence-corrected chi connectivity index (χ1v) is 8.92. The summed E-state index contributed by atoms with van der Waals surface area (Å²) in [6, 6.07) is 7.59. The summed E-state index contributed by atoms with van der Waals surface area (Å²) in [6.07, 6.45) is 2.90. The molecule has 1 aliphatic rings. The summed E-state index contributed by atoms with van der Waals surface area (Å²) in [7, 11) is -3.11. The van der Waals surface area contributed by atoms with Gasteiger partial charge in [-0.15, -0.1) is 11.6 Å². The van der Waals surface area contributed by atoms with Crippen LogP contribution >= 0.6 is 11.6 Å². The van der Waals surface area contributed by atoms with Gasteiger partial charge < -0.3 is 4.90 Å². The molecule has 1 atom stereocenters. The number of alkyl halides is 1. The van der Waals surface area contributed by atoms with Crippen LogP contribution in [0.4, 0.5) is 5.69 Å². The van der Waals surface area contributed by atoms with Gasteiger partial charge >= 0.3 is 0 Å². The smallest absolute Gasteiger partial charge is 0.178 e. The van der Waals surface area contributed by atoms with E-state index < -0.39 is 9.84 Å². The molecule has 1 aliphatic heterocycles. The van der Waals surface area contributed by atoms with Crippen LogP contribution in [0.15, 0.2) is 29.2 Å². The Labute approximate surface area is 120 Å². The zero-order valence-electron chi connectivity index (χ0n) is 11.2. The van der Waals surface area contributed by atoms with Crippen LogP contribution in [0.5, 0.6) is 0 Å². The van der Waals surface area contributed by atoms with Gasteiger partial charge in [0, 0.05) is 24.2 Å². The molecule has 1 aromatic carbocycles. The van der Waals surface area contributed by atoms with E-state index in [0.717, 1.165) is 25.1 Å². The first kappa shape index (κ1) is 14.7. The minimum atomic E-state index is -3.11. The zero-order chi connectivity index (χ0) is 13.9. The summed E-state index contributed by atoms with van der Waals surface area (Å²) < 4.78 is 23.9. The summed E-state index contributed by atoms with van der Waals surface area (Å²) in [5.41, 5.74) is 1.07. The summed E-state index contributed by atoms with van der Waals surface area (Å²) in [4.78, 5) is 2.68. The standard InChI is InChI=1S/C14H20ClNO2S/c1-2-10-19(17,18)14-7-5-12(6-8-14)16-9-3-4-13(16)11-15/h5-8,13H,2-4,9-11H2,1H3. The molecular weight excluding hydrogens is 282 g/mol. The molecule has 106 valence electrons. The molecular formula is C14H20ClNO2S. The highest BCUT2D eigenvalue weighted by Gasteiger charge is 2.24. The summed E-state index contributed by atoms with van der Waals surface area (Å²) >= 11 is 5.96. The van der Waals surface area contributed by atoms with Gasteiger partial charge in [0.15, 0.2) is 9.84 Å². The maximum Gasteiger partial charge on any atom is 0.178 e. The second-order valence-corrected chi connectivity index (χ2v) is 7.37. The van der Waals surface area contributed by atoms with Gasteiger partial charge in [0.25, 0.3) is 0 Å². The van der Waals surface area contributed by atoms with Crippen molar-refractivity contribution < 1.29 is 8.42 Å². The molecule has 19 heavy (non-hydrogen) atoms. The third-order valence-electron chi connectivity index (χ3n) is 3.56. The number of sulfone groups is 1. The van der Waals surface area contributed by atoms with E-state index >= 15 is 0 Å². The highest BCUT2D eigenvalue weighted by molar-refractivity contribution is 7.91. The minimum Gasteiger partial charge on any atom is -0.367 e. The second kappa shape index (κ2) is 6.14. The van der Waals surface area contributed by atoms with E-state index in [-0.39, 0.29) is 5.75 Å². The van der Waals surface area contributed by atoms with Crippen molar-refractivity contribution >= 4 is 27.1 Å². The Morgan fingerprint density at radius 3 is 2.58 bits per heavy atom. The molecule has 1 fully saturated rings. The summed E-state index contributed by atoms with van der Waals surface area (Å²) in [5.74, 6) is 0.830. The van der Waals surface area contributed by atoms with Gasteiger partial charge in [-0.05, 0) is 43.5 Å². The molecule has 0 saturated carbocycles. The fourth-order valence-corrected chi connectivity index (χ4v) is 4.21. The van der Waals surface area contributed by atoms with Crippen LogP contribution in [-0.4, -0.2) is 32.6 Å². The lowest BCUT2D eigenvalue weighted by Gasteiger charge is -2.25. The molecule has 3 nitrogen and oxygen atoms in total. The minimum absolute atomic E-state index is 0.209. The molecule has 0 aliphatic carbocycles. The molecule has 0 spiro atoms. The van der Waals surface area contributed by atoms with E-state index in [2.05, 4.69) is 4.90 Å². The van der Waals surface area contributed by atoms with E-state index in [1.807, 2.05) is 19.1 Å². The van der Waals surface area contributed by atoms with Crippen molar-refractivity contribution in [2.45, 2.75) is 37.1 Å². The molecule has 0 amide bonds. The third-order valence-corrected chi connectivity index (χ3v) is 5.85. The van der Waals surface area contributed by atoms with Gasteiger partial charge in [-0.25, -0.2) is 8.42 Å². The van der Waals surface area contributed by atoms with Gasteiger partial charge in [0.1, 0.15) is 0 Å². The second-order valence-electron chi connectivity index (χ2n) is 4.96. The fourth-order valence-electron chi connectivity index (χ4n) is 2.57. The van der Waals surface area contributed by atoms with Crippen LogP contribution in [0.2, 0.25) is 0 Å². The Hall–Kier alpha value is -0.740. The number of rotatable bonds is 5. The van der Waals surface area contributed by atoms with E-state index in [9.17, 15) is 8.42 Å². The van der Waals surface area contributed by atoms with Gasteiger partial charge in [-0.2, -0.15) is 0 Å². The van der Waals surface area contributed by atoms with Crippen molar-refractivity contribution in [1.82, 2.24) is 0 Å². The third kappa shape index (κ3) is 3.23. The van der Waals surface area contributed by atoms with Gasteiger partial charge in [0.05, 0.1) is 10.6 Å². The maximum atomic E-state index is 12.0. The van der Waals surface area contributed by atoms with Gasteiger partial charge in [-0.1, -0.05) is 6.92 Å². The van der Waals surface area contributed by atoms with Crippen LogP contribution in [0.3, 0.4) is 0 Å². The van der Waals surface area contributed by atoms with Crippen molar-refractivity contribution in [2.75, 3.05) is 23.1 Å². The highest BCUT2D eigenvalue weighted by atomic mass is 35.5. The van der Waals surface area contributed by atoms with Crippen molar-refractivity contribution in [3.05, 3.63) is 24.3 Å². The predicted molar refractivity (Wildman–Crippen MR) is 79.9 cm³/mol. The Morgan fingerprint density at radius 1 is 1.32 bits per heavy atom. The Balaban J connectivity index is 2.19. The highest BCUT2D eigenvalue weighted by Crippen LogP contribution is 2.27. The topological polar surface area (TPSA) is 37.4 Å². The summed E-state index contributed by atoms with van der Waals surface area (Å²) in [6.45, 7) is 2.87. The average Bonchev–Trinajstić information content (AvgIpc) is 2.87. The maximum absolute atomic E-state index is 12.0. The van der Waals surface area contributed by atoms with E-state index in [4.69, 9.17) is 11.6 Å². The Morgan fingerprint density at radius 2 is 2.00 bits per heavy atom. The zero-order valence-corrected chi connectivity index (χ0v) is 12.8. The van der Waals surface area contributed by atoms with Crippen LogP contribution in [0, 0.1) is 0 Å². The molecule has 1 unspecified atom stereocenters. The van der Waals surface area contributed by atoms with Crippen molar-refractivity contribution in [2.24, 2.45) is 0 Å². The van der Waals surface area contributed by atoms with Crippen LogP contribution < -0.4 is 4.90 Å². The number of nitrogens with zero attached hydrogens (tertiary/aromatic N) is 1. The molecule has 0 aromatic heterocycles. The molecule has 5 heteroatoms. The van der Waals surface area contributed by atoms with Crippen molar-refractivity contribution in [1.29, 1.82) is 0 Å². The monoisotopic (exact) mass is 301 g/mol. The largest absolute Gasteiger partial charge is 0.367 e. The first-order chi connectivity index (χ1) is 9.08. The molecule has 0 radical (unpaired) electrons. The van der Waals surface area contributed by atoms with Gasteiger partial charge in [0.2, 0.25) is 0 Å². The lowest BCUT2D eigenvalue weighted by Crippen LogP contribution is -2.30. The predicted octanol–water partition coefficient (Wildman–Crippen LogP) is 3.08. The number of hydrogen-bond acceptors (Lipinski definition) is 3. The van der Waals surface area contributed by atoms with Crippen molar-refractivity contribution in [3.8, 4) is 0 Å². The molecule has 2 rings (SSSR count). The Kier molecular flexibility index (Phi) is 4.74. The summed E-state index contributed by atoms with van der Waals surface area (Å²) in [5, 5.41) is 0. The SMILES string of the molecule is CCCS(=O)(=O)c1ccc(N2CCCC2CCl)cc1. The lowest BCUT2D eigenvalue weighted by atomic mass is 10.2. The van der Waals surface area contributed by atoms with Crippen molar-refractivity contribution in [3.63, 3.8) is 0 Å². The van der Waals surface area contributed by atoms with Gasteiger partial charge in [-0.3, -0.25) is 0 Å². The van der Waals surface area contributed by atoms with E-state index in [1.54, 1.807) is 12.1 Å². The van der Waals surface area contributed by atoms with E-state index in [0.29, 0.717) is 23.2 Å². The molecule has 1 heterocycles. The number of halogens is 1. The fraction of sp³-hybridized carbons (Fsp3) is 0.571. The van der Waals surface area contributed by atoms with E-state index in [1.165, 1.54) is 0 Å². The lowest BCUT2D eigenvalue weighted by molar-refractivity contribution is 0.594. The van der Waals surface area contributed by atoms with Crippen LogP contribution in [0.1, 0.15) is 26.2 Å². The molecule has 0 bridgehead atoms. The molecule has 0 N–H and O–H groups in total. The Bertz CT molecular complexity index is 513. The quantitative estimate of drug-likeness (QED) is 0.784. The molecule has 1 aromatic rings. The number of anilines is 1. The van der Waals surface area contributed by atoms with Crippen LogP contribution in [0.25, 0.3) is 0 Å². The normalized spacial score (nSPS) is 19.9. The first-order valence-electron chi connectivity index (χ1n) is 6.74. The number of hydrogen-bond donors (Lipinski definition) is 0. The number of benzene rings is 1. The average molecular weight is 302 g/mol.